The van der Waals surface area contributed by atoms with Crippen molar-refractivity contribution in [2.75, 3.05) is 24.5 Å². The van der Waals surface area contributed by atoms with Crippen molar-refractivity contribution in [1.29, 1.82) is 0 Å². The predicted molar refractivity (Wildman–Crippen MR) is 174 cm³/mol. The van der Waals surface area contributed by atoms with Crippen LogP contribution in [0.5, 0.6) is 5.88 Å². The number of unbranched alkanes of at least 4 members (excludes halogenated alkanes) is 1. The van der Waals surface area contributed by atoms with Crippen LogP contribution in [0.2, 0.25) is 0 Å². The lowest BCUT2D eigenvalue weighted by molar-refractivity contribution is -0.143. The van der Waals surface area contributed by atoms with Gasteiger partial charge in [-0.05, 0) is 74.8 Å². The van der Waals surface area contributed by atoms with Crippen LogP contribution < -0.4 is 9.46 Å². The van der Waals surface area contributed by atoms with Crippen LogP contribution in [0.15, 0.2) is 53.4 Å². The normalized spacial score (nSPS) is 16.8. The molecule has 1 aliphatic heterocycles. The number of rotatable bonds is 8. The first kappa shape index (κ1) is 34.7. The van der Waals surface area contributed by atoms with Crippen molar-refractivity contribution in [2.45, 2.75) is 78.2 Å². The molecule has 1 amide bonds. The Labute approximate surface area is 264 Å². The highest BCUT2D eigenvalue weighted by atomic mass is 32.2. The Bertz CT molecular complexity index is 1480. The van der Waals surface area contributed by atoms with E-state index in [9.17, 15) is 13.8 Å². The van der Waals surface area contributed by atoms with Crippen molar-refractivity contribution in [3.05, 3.63) is 65.2 Å². The number of aryl methyl sites for hydroxylation is 2. The zero-order valence-electron chi connectivity index (χ0n) is 26.4. The van der Waals surface area contributed by atoms with Crippen LogP contribution in [0.1, 0.15) is 76.3 Å². The van der Waals surface area contributed by atoms with Gasteiger partial charge in [-0.3, -0.25) is 14.3 Å². The minimum Gasteiger partial charge on any atom is -0.475 e. The molecule has 1 unspecified atom stereocenters. The Morgan fingerprint density at radius 3 is 2.50 bits per heavy atom. The zero-order valence-corrected chi connectivity index (χ0v) is 27.3. The quantitative estimate of drug-likeness (QED) is 0.250. The lowest BCUT2D eigenvalue weighted by Gasteiger charge is -2.36. The summed E-state index contributed by atoms with van der Waals surface area (Å²) in [6.07, 6.45) is 2.17. The van der Waals surface area contributed by atoms with Crippen LogP contribution in [0.3, 0.4) is 0 Å². The fourth-order valence-electron chi connectivity index (χ4n) is 5.33. The third kappa shape index (κ3) is 9.09. The minimum atomic E-state index is -1.73. The van der Waals surface area contributed by atoms with Gasteiger partial charge in [-0.15, -0.1) is 0 Å². The maximum atomic E-state index is 14.1. The van der Waals surface area contributed by atoms with E-state index in [2.05, 4.69) is 30.5 Å². The van der Waals surface area contributed by atoms with Gasteiger partial charge in [-0.1, -0.05) is 45.0 Å². The van der Waals surface area contributed by atoms with Gasteiger partial charge in [0.1, 0.15) is 6.61 Å². The average molecular weight is 627 g/mol. The van der Waals surface area contributed by atoms with E-state index in [0.717, 1.165) is 16.7 Å². The number of fused-ring (bicyclic) bond motifs is 4. The monoisotopic (exact) mass is 626 g/mol. The second kappa shape index (κ2) is 15.3. The molecule has 4 bridgehead atoms. The van der Waals surface area contributed by atoms with Crippen molar-refractivity contribution in [2.24, 2.45) is 5.41 Å². The molecule has 2 heterocycles. The van der Waals surface area contributed by atoms with Gasteiger partial charge < -0.3 is 19.8 Å². The Morgan fingerprint density at radius 2 is 1.82 bits per heavy atom. The number of carbonyl (C=O) groups excluding carboxylic acids is 2. The Morgan fingerprint density at radius 1 is 1.11 bits per heavy atom. The van der Waals surface area contributed by atoms with Crippen molar-refractivity contribution < 1.29 is 30.2 Å². The Kier molecular flexibility index (Phi) is 12.0. The van der Waals surface area contributed by atoms with Crippen LogP contribution in [-0.4, -0.2) is 62.2 Å². The van der Waals surface area contributed by atoms with Gasteiger partial charge in [0, 0.05) is 31.6 Å². The summed E-state index contributed by atoms with van der Waals surface area (Å²) in [6.45, 7) is 13.2. The highest BCUT2D eigenvalue weighted by Gasteiger charge is 2.30. The number of ether oxygens (including phenoxy) is 2. The molecule has 240 valence electrons. The van der Waals surface area contributed by atoms with E-state index in [-0.39, 0.29) is 42.8 Å². The van der Waals surface area contributed by atoms with Gasteiger partial charge in [0.2, 0.25) is 11.8 Å². The van der Waals surface area contributed by atoms with E-state index >= 15 is 0 Å². The molecule has 2 aromatic carbocycles. The van der Waals surface area contributed by atoms with Gasteiger partial charge in [-0.2, -0.15) is 4.98 Å². The number of hydrogen-bond donors (Lipinski definition) is 1. The van der Waals surface area contributed by atoms with Gasteiger partial charge in [0.05, 0.1) is 23.2 Å². The minimum absolute atomic E-state index is 0. The molecule has 0 radical (unpaired) electrons. The molecule has 3 N–H and O–H groups in total. The van der Waals surface area contributed by atoms with Crippen LogP contribution in [0.4, 0.5) is 5.95 Å². The van der Waals surface area contributed by atoms with Gasteiger partial charge >= 0.3 is 5.97 Å². The van der Waals surface area contributed by atoms with Gasteiger partial charge in [-0.25, -0.2) is 9.19 Å². The molecule has 0 aliphatic carbocycles. The summed E-state index contributed by atoms with van der Waals surface area (Å²) < 4.78 is 27.8. The van der Waals surface area contributed by atoms with Crippen LogP contribution in [0.25, 0.3) is 11.3 Å². The zero-order chi connectivity index (χ0) is 31.1. The summed E-state index contributed by atoms with van der Waals surface area (Å²) in [4.78, 5) is 37.6. The van der Waals surface area contributed by atoms with E-state index < -0.39 is 11.0 Å². The average Bonchev–Trinajstić information content (AvgIpc) is 2.94. The van der Waals surface area contributed by atoms with Crippen molar-refractivity contribution >= 4 is 28.8 Å². The van der Waals surface area contributed by atoms with E-state index in [1.807, 2.05) is 36.9 Å². The number of amides is 1. The standard InChI is InChI=1S/C33H42N4O5S.H2O.H2/c1-7-41-29(38)16-8-9-17-37-25(20-33(4,5)6)21-42-28-19-27(30-22(2)12-10-13-23(30)3)34-32(35-28)36-43(40)26-15-11-14-24(18-26)31(37)39;;/h10-15,18-19,25H,7-9,16-17,20-21H2,1-6H3,(H,34,35,36);1H2;1H/t25-,43?;;/m1../s1. The van der Waals surface area contributed by atoms with Gasteiger partial charge in [0.25, 0.3) is 5.91 Å². The number of benzene rings is 2. The van der Waals surface area contributed by atoms with Crippen molar-refractivity contribution in [3.63, 3.8) is 0 Å². The maximum Gasteiger partial charge on any atom is 0.305 e. The van der Waals surface area contributed by atoms with E-state index in [0.29, 0.717) is 60.9 Å². The third-order valence-electron chi connectivity index (χ3n) is 7.23. The topological polar surface area (TPSA) is 142 Å². The number of esters is 1. The number of carbonyl (C=O) groups is 2. The first-order valence-corrected chi connectivity index (χ1v) is 15.9. The Balaban J connectivity index is 0.00000353. The molecule has 10 nitrogen and oxygen atoms in total. The molecule has 4 rings (SSSR count). The smallest absolute Gasteiger partial charge is 0.305 e. The summed E-state index contributed by atoms with van der Waals surface area (Å²) in [6, 6.07) is 14.4. The van der Waals surface area contributed by atoms with Crippen LogP contribution >= 0.6 is 0 Å². The van der Waals surface area contributed by atoms with E-state index in [1.165, 1.54) is 0 Å². The molecule has 0 saturated carbocycles. The molecule has 1 aromatic heterocycles. The molecule has 11 heteroatoms. The molecule has 0 saturated heterocycles. The van der Waals surface area contributed by atoms with Crippen molar-refractivity contribution in [1.82, 2.24) is 14.9 Å². The van der Waals surface area contributed by atoms with E-state index in [1.54, 1.807) is 37.3 Å². The summed E-state index contributed by atoms with van der Waals surface area (Å²) in [5.74, 6) is 0.0794. The number of aromatic nitrogens is 2. The third-order valence-corrected chi connectivity index (χ3v) is 8.28. The number of hydrogen-bond acceptors (Lipinski definition) is 7. The summed E-state index contributed by atoms with van der Waals surface area (Å²) >= 11 is 0. The van der Waals surface area contributed by atoms with Crippen LogP contribution in [-0.2, 0) is 20.5 Å². The number of nitrogens with zero attached hydrogens (tertiary/aromatic N) is 3. The van der Waals surface area contributed by atoms with Crippen LogP contribution in [0, 0.1) is 19.3 Å². The molecule has 3 aromatic rings. The second-order valence-electron chi connectivity index (χ2n) is 12.1. The van der Waals surface area contributed by atoms with E-state index in [4.69, 9.17) is 14.5 Å². The molecule has 44 heavy (non-hydrogen) atoms. The summed E-state index contributed by atoms with van der Waals surface area (Å²) in [5, 5.41) is 0. The predicted octanol–water partition coefficient (Wildman–Crippen LogP) is 5.69. The Hall–Kier alpha value is -3.83. The summed E-state index contributed by atoms with van der Waals surface area (Å²) in [7, 11) is -1.73. The largest absolute Gasteiger partial charge is 0.475 e. The fraction of sp³-hybridized carbons (Fsp3) is 0.455. The lowest BCUT2D eigenvalue weighted by Crippen LogP contribution is -2.46. The molecular formula is C33H46N4O6S. The summed E-state index contributed by atoms with van der Waals surface area (Å²) in [5.41, 5.74) is 4.03. The maximum absolute atomic E-state index is 14.1. The number of nitrogens with one attached hydrogen (secondary N) is 1. The van der Waals surface area contributed by atoms with Crippen molar-refractivity contribution in [3.8, 4) is 17.1 Å². The SMILES string of the molecule is CCOC(=O)CCCCN1C(=O)c2cccc(c2)S(=O)Nc2nc(cc(-c3c(C)cccc3C)n2)OC[C@H]1CC(C)(C)C.O.[HH]. The lowest BCUT2D eigenvalue weighted by atomic mass is 9.87. The highest BCUT2D eigenvalue weighted by Crippen LogP contribution is 2.31. The molecular weight excluding hydrogens is 580 g/mol. The fourth-order valence-corrected chi connectivity index (χ4v) is 6.14. The highest BCUT2D eigenvalue weighted by molar-refractivity contribution is 7.86. The molecule has 2 atom stereocenters. The van der Waals surface area contributed by atoms with Gasteiger partial charge in [0.15, 0.2) is 11.0 Å². The second-order valence-corrected chi connectivity index (χ2v) is 13.3. The molecule has 0 spiro atoms. The molecule has 1 aliphatic rings. The number of anilines is 1. The first-order valence-electron chi connectivity index (χ1n) is 14.8. The molecule has 0 fully saturated rings. The first-order chi connectivity index (χ1) is 20.4.